The quantitative estimate of drug-likeness (QED) is 0.810. The van der Waals surface area contributed by atoms with Crippen molar-refractivity contribution in [2.24, 2.45) is 0 Å². The SMILES string of the molecule is CC(C)c1nc(Br)cc(NCCO)n1. The van der Waals surface area contributed by atoms with E-state index in [-0.39, 0.29) is 6.61 Å². The van der Waals surface area contributed by atoms with Crippen LogP contribution in [0.5, 0.6) is 0 Å². The summed E-state index contributed by atoms with van der Waals surface area (Å²) >= 11 is 3.32. The lowest BCUT2D eigenvalue weighted by atomic mass is 10.2. The Kier molecular flexibility index (Phi) is 4.28. The number of aliphatic hydroxyl groups excluding tert-OH is 1. The van der Waals surface area contributed by atoms with Crippen LogP contribution >= 0.6 is 15.9 Å². The van der Waals surface area contributed by atoms with Gasteiger partial charge in [-0.05, 0) is 15.9 Å². The molecule has 1 rings (SSSR count). The highest BCUT2D eigenvalue weighted by Gasteiger charge is 2.05. The summed E-state index contributed by atoms with van der Waals surface area (Å²) < 4.78 is 0.761. The van der Waals surface area contributed by atoms with Crippen LogP contribution in [-0.2, 0) is 0 Å². The van der Waals surface area contributed by atoms with Gasteiger partial charge in [0.25, 0.3) is 0 Å². The fourth-order valence-corrected chi connectivity index (χ4v) is 1.37. The van der Waals surface area contributed by atoms with E-state index < -0.39 is 0 Å². The number of rotatable bonds is 4. The number of hydrogen-bond acceptors (Lipinski definition) is 4. The zero-order valence-corrected chi connectivity index (χ0v) is 9.87. The number of halogens is 1. The van der Waals surface area contributed by atoms with Crippen LogP contribution in [0.25, 0.3) is 0 Å². The lowest BCUT2D eigenvalue weighted by Gasteiger charge is -2.08. The molecule has 5 heteroatoms. The number of nitrogens with one attached hydrogen (secondary N) is 1. The summed E-state index contributed by atoms with van der Waals surface area (Å²) in [4.78, 5) is 8.55. The fourth-order valence-electron chi connectivity index (χ4n) is 0.968. The van der Waals surface area contributed by atoms with Crippen molar-refractivity contribution in [1.82, 2.24) is 9.97 Å². The molecule has 2 N–H and O–H groups in total. The van der Waals surface area contributed by atoms with Crippen LogP contribution < -0.4 is 5.32 Å². The van der Waals surface area contributed by atoms with Crippen LogP contribution in [0.1, 0.15) is 25.6 Å². The van der Waals surface area contributed by atoms with E-state index in [0.29, 0.717) is 12.5 Å². The Hall–Kier alpha value is -0.680. The van der Waals surface area contributed by atoms with E-state index in [1.54, 1.807) is 6.07 Å². The van der Waals surface area contributed by atoms with Crippen LogP contribution in [0.15, 0.2) is 10.7 Å². The monoisotopic (exact) mass is 259 g/mol. The van der Waals surface area contributed by atoms with Gasteiger partial charge in [-0.1, -0.05) is 13.8 Å². The summed E-state index contributed by atoms with van der Waals surface area (Å²) in [7, 11) is 0. The van der Waals surface area contributed by atoms with Gasteiger partial charge in [0.1, 0.15) is 16.2 Å². The lowest BCUT2D eigenvalue weighted by Crippen LogP contribution is -2.09. The minimum atomic E-state index is 0.0959. The van der Waals surface area contributed by atoms with E-state index in [0.717, 1.165) is 16.2 Å². The maximum atomic E-state index is 8.66. The van der Waals surface area contributed by atoms with Gasteiger partial charge in [0, 0.05) is 18.5 Å². The average molecular weight is 260 g/mol. The van der Waals surface area contributed by atoms with Gasteiger partial charge < -0.3 is 10.4 Å². The largest absolute Gasteiger partial charge is 0.395 e. The Morgan fingerprint density at radius 1 is 1.50 bits per heavy atom. The van der Waals surface area contributed by atoms with E-state index in [1.165, 1.54) is 0 Å². The summed E-state index contributed by atoms with van der Waals surface area (Å²) in [6.45, 7) is 4.68. The molecule has 0 saturated heterocycles. The topological polar surface area (TPSA) is 58.0 Å². The van der Waals surface area contributed by atoms with Crippen LogP contribution in [0.3, 0.4) is 0 Å². The third-order valence-corrected chi connectivity index (χ3v) is 2.05. The van der Waals surface area contributed by atoms with Crippen molar-refractivity contribution in [3.8, 4) is 0 Å². The summed E-state index contributed by atoms with van der Waals surface area (Å²) in [6, 6.07) is 1.79. The highest BCUT2D eigenvalue weighted by atomic mass is 79.9. The van der Waals surface area contributed by atoms with E-state index >= 15 is 0 Å². The smallest absolute Gasteiger partial charge is 0.134 e. The van der Waals surface area contributed by atoms with E-state index in [4.69, 9.17) is 5.11 Å². The molecule has 1 aromatic heterocycles. The van der Waals surface area contributed by atoms with Gasteiger partial charge in [-0.25, -0.2) is 9.97 Å². The predicted octanol–water partition coefficient (Wildman–Crippen LogP) is 1.77. The lowest BCUT2D eigenvalue weighted by molar-refractivity contribution is 0.311. The standard InChI is InChI=1S/C9H14BrN3O/c1-6(2)9-12-7(10)5-8(13-9)11-3-4-14/h5-6,14H,3-4H2,1-2H3,(H,11,12,13). The van der Waals surface area contributed by atoms with Crippen LogP contribution in [-0.4, -0.2) is 28.2 Å². The van der Waals surface area contributed by atoms with Crippen LogP contribution in [0.2, 0.25) is 0 Å². The van der Waals surface area contributed by atoms with Gasteiger partial charge in [0.05, 0.1) is 6.61 Å². The number of aliphatic hydroxyl groups is 1. The molecule has 0 aliphatic heterocycles. The second kappa shape index (κ2) is 5.26. The molecular weight excluding hydrogens is 246 g/mol. The molecular formula is C9H14BrN3O. The number of hydrogen-bond donors (Lipinski definition) is 2. The summed E-state index contributed by atoms with van der Waals surface area (Å²) in [6.07, 6.45) is 0. The van der Waals surface area contributed by atoms with Crippen LogP contribution in [0.4, 0.5) is 5.82 Å². The third-order valence-electron chi connectivity index (χ3n) is 1.65. The Morgan fingerprint density at radius 3 is 2.79 bits per heavy atom. The molecule has 78 valence electrons. The van der Waals surface area contributed by atoms with E-state index in [2.05, 4.69) is 31.2 Å². The second-order valence-electron chi connectivity index (χ2n) is 3.24. The molecule has 14 heavy (non-hydrogen) atoms. The molecule has 1 aromatic rings. The van der Waals surface area contributed by atoms with Crippen molar-refractivity contribution in [3.63, 3.8) is 0 Å². The normalized spacial score (nSPS) is 10.6. The van der Waals surface area contributed by atoms with E-state index in [9.17, 15) is 0 Å². The van der Waals surface area contributed by atoms with Crippen molar-refractivity contribution < 1.29 is 5.11 Å². The molecule has 1 heterocycles. The summed E-state index contributed by atoms with van der Waals surface area (Å²) in [5.41, 5.74) is 0. The molecule has 0 fully saturated rings. The fraction of sp³-hybridized carbons (Fsp3) is 0.556. The van der Waals surface area contributed by atoms with Gasteiger partial charge in [0.2, 0.25) is 0 Å². The second-order valence-corrected chi connectivity index (χ2v) is 4.05. The van der Waals surface area contributed by atoms with Crippen molar-refractivity contribution >= 4 is 21.7 Å². The molecule has 4 nitrogen and oxygen atoms in total. The first kappa shape index (κ1) is 11.4. The van der Waals surface area contributed by atoms with Gasteiger partial charge in [-0.15, -0.1) is 0 Å². The molecule has 0 unspecified atom stereocenters. The van der Waals surface area contributed by atoms with E-state index in [1.807, 2.05) is 13.8 Å². The number of nitrogens with zero attached hydrogens (tertiary/aromatic N) is 2. The maximum absolute atomic E-state index is 8.66. The zero-order chi connectivity index (χ0) is 10.6. The predicted molar refractivity (Wildman–Crippen MR) is 59.4 cm³/mol. The first-order valence-electron chi connectivity index (χ1n) is 4.52. The molecule has 0 aliphatic rings. The Balaban J connectivity index is 2.84. The Bertz CT molecular complexity index is 304. The molecule has 0 atom stereocenters. The third kappa shape index (κ3) is 3.23. The molecule has 0 aliphatic carbocycles. The van der Waals surface area contributed by atoms with Gasteiger partial charge in [-0.3, -0.25) is 0 Å². The highest BCUT2D eigenvalue weighted by molar-refractivity contribution is 9.10. The van der Waals surface area contributed by atoms with Crippen molar-refractivity contribution in [2.45, 2.75) is 19.8 Å². The Morgan fingerprint density at radius 2 is 2.21 bits per heavy atom. The minimum Gasteiger partial charge on any atom is -0.395 e. The van der Waals surface area contributed by atoms with Gasteiger partial charge >= 0.3 is 0 Å². The number of aromatic nitrogens is 2. The van der Waals surface area contributed by atoms with Crippen molar-refractivity contribution in [1.29, 1.82) is 0 Å². The van der Waals surface area contributed by atoms with Crippen LogP contribution in [0, 0.1) is 0 Å². The first-order chi connectivity index (χ1) is 6.63. The maximum Gasteiger partial charge on any atom is 0.134 e. The highest BCUT2D eigenvalue weighted by Crippen LogP contribution is 2.16. The molecule has 0 saturated carbocycles. The Labute approximate surface area is 91.9 Å². The summed E-state index contributed by atoms with van der Waals surface area (Å²) in [5, 5.41) is 11.7. The average Bonchev–Trinajstić information content (AvgIpc) is 2.14. The first-order valence-corrected chi connectivity index (χ1v) is 5.32. The molecule has 0 spiro atoms. The van der Waals surface area contributed by atoms with Gasteiger partial charge in [-0.2, -0.15) is 0 Å². The molecule has 0 bridgehead atoms. The molecule has 0 radical (unpaired) electrons. The summed E-state index contributed by atoms with van der Waals surface area (Å²) in [5.74, 6) is 1.83. The zero-order valence-electron chi connectivity index (χ0n) is 8.29. The van der Waals surface area contributed by atoms with Crippen molar-refractivity contribution in [2.75, 3.05) is 18.5 Å². The minimum absolute atomic E-state index is 0.0959. The molecule has 0 aromatic carbocycles. The molecule has 0 amide bonds. The number of anilines is 1. The van der Waals surface area contributed by atoms with Gasteiger partial charge in [0.15, 0.2) is 0 Å². The van der Waals surface area contributed by atoms with Crippen molar-refractivity contribution in [3.05, 3.63) is 16.5 Å².